The van der Waals surface area contributed by atoms with Gasteiger partial charge in [0.25, 0.3) is 0 Å². The van der Waals surface area contributed by atoms with E-state index in [1.165, 1.54) is 29.5 Å². The second-order valence-electron chi connectivity index (χ2n) is 9.11. The summed E-state index contributed by atoms with van der Waals surface area (Å²) >= 11 is 0. The van der Waals surface area contributed by atoms with Gasteiger partial charge in [-0.15, -0.1) is 0 Å². The Morgan fingerprint density at radius 1 is 1.15 bits per heavy atom. The van der Waals surface area contributed by atoms with E-state index < -0.39 is 0 Å². The van der Waals surface area contributed by atoms with Crippen LogP contribution in [0.15, 0.2) is 59.9 Å². The van der Waals surface area contributed by atoms with Crippen LogP contribution in [0, 0.1) is 6.92 Å². The number of rotatable bonds is 9. The molecule has 0 saturated carbocycles. The lowest BCUT2D eigenvalue weighted by Crippen LogP contribution is -2.43. The topological polar surface area (TPSA) is 37.7 Å². The van der Waals surface area contributed by atoms with Crippen LogP contribution in [0.3, 0.4) is 0 Å². The van der Waals surface area contributed by atoms with Gasteiger partial charge in [0.15, 0.2) is 0 Å². The molecular formula is C29H39N3O. The van der Waals surface area contributed by atoms with Crippen molar-refractivity contribution in [2.45, 2.75) is 72.4 Å². The number of piperidine rings is 1. The lowest BCUT2D eigenvalue weighted by atomic mass is 9.94. The maximum atomic E-state index is 6.21. The van der Waals surface area contributed by atoms with E-state index in [2.05, 4.69) is 80.3 Å². The van der Waals surface area contributed by atoms with Crippen molar-refractivity contribution >= 4 is 11.8 Å². The third kappa shape index (κ3) is 6.42. The van der Waals surface area contributed by atoms with Gasteiger partial charge in [-0.05, 0) is 74.8 Å². The molecule has 33 heavy (non-hydrogen) atoms. The zero-order valence-electron chi connectivity index (χ0n) is 21.0. The minimum atomic E-state index is 0.259. The summed E-state index contributed by atoms with van der Waals surface area (Å²) in [4.78, 5) is 11.5. The van der Waals surface area contributed by atoms with Gasteiger partial charge in [0.2, 0.25) is 5.88 Å². The summed E-state index contributed by atoms with van der Waals surface area (Å²) in [6.07, 6.45) is 10.2. The lowest BCUT2D eigenvalue weighted by molar-refractivity contribution is 0.0700. The van der Waals surface area contributed by atoms with Crippen LogP contribution in [0.4, 0.5) is 0 Å². The average Bonchev–Trinajstić information content (AvgIpc) is 2.82. The van der Waals surface area contributed by atoms with Crippen molar-refractivity contribution < 1.29 is 4.74 Å². The standard InChI is InChI=1S/C29H39N3O/c1-7-25(8-2)32-16-14-26(15-17-32)33-29-13-11-24(19-31-29)23-10-12-27(22(6)18-23)28(21(4)5)20-30-9-3/h9-13,18-20,25-26H,3,7-8,14-17H2,1-2,4-6H3. The van der Waals surface area contributed by atoms with Gasteiger partial charge in [0.05, 0.1) is 0 Å². The molecule has 2 heterocycles. The Labute approximate surface area is 200 Å². The summed E-state index contributed by atoms with van der Waals surface area (Å²) in [6.45, 7) is 16.8. The van der Waals surface area contributed by atoms with E-state index in [1.807, 2.05) is 18.5 Å². The molecule has 2 aromatic rings. The van der Waals surface area contributed by atoms with Crippen LogP contribution >= 0.6 is 0 Å². The molecule has 0 N–H and O–H groups in total. The zero-order valence-corrected chi connectivity index (χ0v) is 21.0. The SMILES string of the molecule is C=CN=CC(=C(C)C)c1ccc(-c2ccc(OC3CCN(C(CC)CC)CC3)nc2)cc1C. The first-order chi connectivity index (χ1) is 16.0. The summed E-state index contributed by atoms with van der Waals surface area (Å²) in [5, 5.41) is 0. The molecule has 176 valence electrons. The number of pyridine rings is 1. The molecule has 1 aliphatic heterocycles. The highest BCUT2D eigenvalue weighted by Gasteiger charge is 2.24. The fraction of sp³-hybridized carbons (Fsp3) is 0.448. The number of benzene rings is 1. The first-order valence-corrected chi connectivity index (χ1v) is 12.3. The van der Waals surface area contributed by atoms with Crippen LogP contribution in [-0.4, -0.2) is 41.3 Å². The lowest BCUT2D eigenvalue weighted by Gasteiger charge is -2.36. The predicted octanol–water partition coefficient (Wildman–Crippen LogP) is 7.10. The second-order valence-corrected chi connectivity index (χ2v) is 9.11. The fourth-order valence-corrected chi connectivity index (χ4v) is 4.70. The quantitative estimate of drug-likeness (QED) is 0.386. The van der Waals surface area contributed by atoms with E-state index in [4.69, 9.17) is 4.74 Å². The van der Waals surface area contributed by atoms with Gasteiger partial charge >= 0.3 is 0 Å². The molecule has 1 saturated heterocycles. The highest BCUT2D eigenvalue weighted by atomic mass is 16.5. The highest BCUT2D eigenvalue weighted by molar-refractivity contribution is 6.11. The molecule has 4 heteroatoms. The van der Waals surface area contributed by atoms with Gasteiger partial charge < -0.3 is 9.64 Å². The highest BCUT2D eigenvalue weighted by Crippen LogP contribution is 2.28. The number of nitrogens with zero attached hydrogens (tertiary/aromatic N) is 3. The first kappa shape index (κ1) is 24.9. The number of aliphatic imine (C=N–C) groups is 1. The van der Waals surface area contributed by atoms with Crippen molar-refractivity contribution in [2.75, 3.05) is 13.1 Å². The van der Waals surface area contributed by atoms with E-state index in [1.54, 1.807) is 6.20 Å². The Hall–Kier alpha value is -2.72. The van der Waals surface area contributed by atoms with Gasteiger partial charge in [0.1, 0.15) is 6.10 Å². The van der Waals surface area contributed by atoms with Crippen LogP contribution in [0.1, 0.15) is 64.5 Å². The molecule has 1 fully saturated rings. The third-order valence-corrected chi connectivity index (χ3v) is 6.66. The van der Waals surface area contributed by atoms with E-state index in [9.17, 15) is 0 Å². The zero-order chi connectivity index (χ0) is 23.8. The summed E-state index contributed by atoms with van der Waals surface area (Å²) in [6, 6.07) is 11.4. The largest absolute Gasteiger partial charge is 0.474 e. The Balaban J connectivity index is 1.66. The van der Waals surface area contributed by atoms with Gasteiger partial charge in [0, 0.05) is 49.4 Å². The van der Waals surface area contributed by atoms with Crippen molar-refractivity contribution in [3.63, 3.8) is 0 Å². The monoisotopic (exact) mass is 445 g/mol. The molecule has 0 amide bonds. The Bertz CT molecular complexity index is 974. The molecule has 0 atom stereocenters. The normalized spacial score (nSPS) is 15.2. The van der Waals surface area contributed by atoms with Crippen molar-refractivity contribution in [1.82, 2.24) is 9.88 Å². The summed E-state index contributed by atoms with van der Waals surface area (Å²) in [7, 11) is 0. The molecule has 1 aromatic carbocycles. The van der Waals surface area contributed by atoms with Gasteiger partial charge in [-0.25, -0.2) is 4.98 Å². The molecule has 1 aliphatic rings. The Morgan fingerprint density at radius 2 is 1.85 bits per heavy atom. The van der Waals surface area contributed by atoms with Crippen LogP contribution < -0.4 is 4.74 Å². The van der Waals surface area contributed by atoms with Crippen molar-refractivity contribution in [3.05, 3.63) is 66.0 Å². The molecule has 0 unspecified atom stereocenters. The average molecular weight is 446 g/mol. The van der Waals surface area contributed by atoms with Crippen molar-refractivity contribution in [1.29, 1.82) is 0 Å². The maximum Gasteiger partial charge on any atom is 0.213 e. The summed E-state index contributed by atoms with van der Waals surface area (Å²) in [5.41, 5.74) is 7.02. The number of aromatic nitrogens is 1. The van der Waals surface area contributed by atoms with E-state index in [0.29, 0.717) is 6.04 Å². The Kier molecular flexibility index (Phi) is 9.02. The number of allylic oxidation sites excluding steroid dienone is 2. The summed E-state index contributed by atoms with van der Waals surface area (Å²) < 4.78 is 6.21. The van der Waals surface area contributed by atoms with Gasteiger partial charge in [-0.3, -0.25) is 4.99 Å². The number of hydrogen-bond donors (Lipinski definition) is 0. The minimum absolute atomic E-state index is 0.259. The Morgan fingerprint density at radius 3 is 2.39 bits per heavy atom. The fourth-order valence-electron chi connectivity index (χ4n) is 4.70. The number of aryl methyl sites for hydroxylation is 1. The van der Waals surface area contributed by atoms with Crippen molar-refractivity contribution in [3.8, 4) is 17.0 Å². The molecule has 0 radical (unpaired) electrons. The van der Waals surface area contributed by atoms with E-state index in [-0.39, 0.29) is 6.10 Å². The first-order valence-electron chi connectivity index (χ1n) is 12.3. The van der Waals surface area contributed by atoms with Crippen molar-refractivity contribution in [2.24, 2.45) is 4.99 Å². The predicted molar refractivity (Wildman–Crippen MR) is 141 cm³/mol. The number of likely N-dealkylation sites (tertiary alicyclic amines) is 1. The summed E-state index contributed by atoms with van der Waals surface area (Å²) in [5.74, 6) is 0.723. The molecule has 1 aromatic heterocycles. The molecule has 0 spiro atoms. The number of ether oxygens (including phenoxy) is 1. The van der Waals surface area contributed by atoms with Crippen LogP contribution in [0.2, 0.25) is 0 Å². The molecular weight excluding hydrogens is 406 g/mol. The maximum absolute atomic E-state index is 6.21. The molecule has 4 nitrogen and oxygen atoms in total. The smallest absolute Gasteiger partial charge is 0.213 e. The van der Waals surface area contributed by atoms with Gasteiger partial charge in [-0.1, -0.05) is 44.2 Å². The van der Waals surface area contributed by atoms with E-state index >= 15 is 0 Å². The molecule has 3 rings (SSSR count). The van der Waals surface area contributed by atoms with E-state index in [0.717, 1.165) is 48.5 Å². The van der Waals surface area contributed by atoms with Crippen LogP contribution in [0.5, 0.6) is 5.88 Å². The van der Waals surface area contributed by atoms with Crippen LogP contribution in [0.25, 0.3) is 16.7 Å². The molecule has 0 aliphatic carbocycles. The number of hydrogen-bond acceptors (Lipinski definition) is 4. The minimum Gasteiger partial charge on any atom is -0.474 e. The van der Waals surface area contributed by atoms with Gasteiger partial charge in [-0.2, -0.15) is 0 Å². The van der Waals surface area contributed by atoms with Crippen LogP contribution in [-0.2, 0) is 0 Å². The third-order valence-electron chi connectivity index (χ3n) is 6.66. The molecule has 0 bridgehead atoms. The second kappa shape index (κ2) is 11.9.